The van der Waals surface area contributed by atoms with Crippen LogP contribution in [0.4, 0.5) is 15.9 Å². The molecule has 0 radical (unpaired) electrons. The van der Waals surface area contributed by atoms with Crippen molar-refractivity contribution in [2.75, 3.05) is 5.73 Å². The van der Waals surface area contributed by atoms with Crippen LogP contribution in [0.5, 0.6) is 0 Å². The number of anilines is 1. The molecule has 0 saturated heterocycles. The summed E-state index contributed by atoms with van der Waals surface area (Å²) in [7, 11) is -1.72. The van der Waals surface area contributed by atoms with E-state index in [0.717, 1.165) is 6.07 Å². The number of hydrogen-bond donors (Lipinski definition) is 3. The number of nitro benzene ring substituents is 1. The summed E-state index contributed by atoms with van der Waals surface area (Å²) >= 11 is 0.630. The number of nitrogen functional groups attached to an aromatic ring is 1. The van der Waals surface area contributed by atoms with Crippen molar-refractivity contribution in [1.29, 1.82) is 0 Å². The van der Waals surface area contributed by atoms with Crippen molar-refractivity contribution in [2.45, 2.75) is 0 Å². The Balaban J connectivity index is 0.000000673. The van der Waals surface area contributed by atoms with Gasteiger partial charge in [0.1, 0.15) is 5.69 Å². The van der Waals surface area contributed by atoms with Gasteiger partial charge in [-0.1, -0.05) is 6.07 Å². The van der Waals surface area contributed by atoms with Crippen molar-refractivity contribution in [1.82, 2.24) is 0 Å². The molecule has 0 atom stereocenters. The van der Waals surface area contributed by atoms with E-state index >= 15 is 0 Å². The molecular weight excluding hydrogens is 392 g/mol. The van der Waals surface area contributed by atoms with Gasteiger partial charge in [0, 0.05) is 6.07 Å². The van der Waals surface area contributed by atoms with Gasteiger partial charge in [0.25, 0.3) is 5.69 Å². The molecule has 1 rings (SSSR count). The molecule has 0 saturated carbocycles. The van der Waals surface area contributed by atoms with Crippen LogP contribution in [-0.4, -0.2) is 22.1 Å². The molecule has 0 amide bonds. The second kappa shape index (κ2) is 7.16. The second-order valence-electron chi connectivity index (χ2n) is 2.52. The van der Waals surface area contributed by atoms with Crippen LogP contribution in [-0.2, 0) is 19.6 Å². The molecule has 1 aromatic carbocycles. The predicted molar refractivity (Wildman–Crippen MR) is 50.9 cm³/mol. The van der Waals surface area contributed by atoms with Crippen molar-refractivity contribution >= 4 is 24.0 Å². The summed E-state index contributed by atoms with van der Waals surface area (Å²) in [6, 6.07) is 3.60. The van der Waals surface area contributed by atoms with Gasteiger partial charge >= 0.3 is 34.9 Å². The Labute approximate surface area is 101 Å². The van der Waals surface area contributed by atoms with Gasteiger partial charge in [-0.2, -0.15) is 0 Å². The number of nitrogens with zero attached hydrogens (tertiary/aromatic N) is 2. The molecule has 0 aromatic heterocycles. The normalized spacial score (nSPS) is 8.69. The fourth-order valence-electron chi connectivity index (χ4n) is 0.879. The van der Waals surface area contributed by atoms with Crippen LogP contribution >= 0.6 is 0 Å². The quantitative estimate of drug-likeness (QED) is 0.267. The molecule has 10 heteroatoms. The van der Waals surface area contributed by atoms with Crippen molar-refractivity contribution in [3.63, 3.8) is 0 Å². The van der Waals surface area contributed by atoms with Crippen molar-refractivity contribution in [3.05, 3.63) is 28.3 Å². The van der Waals surface area contributed by atoms with Crippen LogP contribution in [0.15, 0.2) is 21.9 Å². The molecule has 7 nitrogen and oxygen atoms in total. The van der Waals surface area contributed by atoms with Crippen molar-refractivity contribution in [2.24, 2.45) is 3.72 Å². The summed E-state index contributed by atoms with van der Waals surface area (Å²) in [5.74, 6) is 0. The Bertz CT molecular complexity index is 392. The maximum Gasteiger partial charge on any atom is 0.488 e. The SMILES string of the molecule is F[N]=[W].Nc1ccc(B(O)O)cc1[N+](=O)[O-]. The molecule has 4 N–H and O–H groups in total. The molecule has 86 valence electrons. The molecule has 16 heavy (non-hydrogen) atoms. The van der Waals surface area contributed by atoms with Crippen LogP contribution in [0.1, 0.15) is 0 Å². The third-order valence-electron chi connectivity index (χ3n) is 1.55. The topological polar surface area (TPSA) is 122 Å². The molecule has 0 aliphatic carbocycles. The zero-order valence-electron chi connectivity index (χ0n) is 7.78. The molecule has 0 aliphatic rings. The van der Waals surface area contributed by atoms with Gasteiger partial charge in [-0.25, -0.2) is 0 Å². The van der Waals surface area contributed by atoms with Gasteiger partial charge < -0.3 is 15.8 Å². The molecular formula is C6H7BFN3O4W. The van der Waals surface area contributed by atoms with Crippen LogP contribution < -0.4 is 11.2 Å². The maximum absolute atomic E-state index is 10.4. The number of halogens is 1. The molecule has 0 unspecified atom stereocenters. The van der Waals surface area contributed by atoms with E-state index in [1.54, 1.807) is 0 Å². The first kappa shape index (κ1) is 14.8. The van der Waals surface area contributed by atoms with Crippen LogP contribution in [0, 0.1) is 10.1 Å². The summed E-state index contributed by atoms with van der Waals surface area (Å²) in [5, 5.41) is 27.8. The maximum atomic E-state index is 10.4. The number of hydrogen-bond acceptors (Lipinski definition) is 6. The number of nitrogens with two attached hydrogens (primary N) is 1. The average molecular weight is 399 g/mol. The van der Waals surface area contributed by atoms with Crippen molar-refractivity contribution < 1.29 is 39.1 Å². The minimum absolute atomic E-state index is 0.00519. The molecule has 0 bridgehead atoms. The van der Waals surface area contributed by atoms with E-state index < -0.39 is 12.0 Å². The van der Waals surface area contributed by atoms with E-state index in [4.69, 9.17) is 15.8 Å². The fourth-order valence-corrected chi connectivity index (χ4v) is 0.879. The average Bonchev–Trinajstić information content (AvgIpc) is 2.18. The number of nitro groups is 1. The first-order valence-electron chi connectivity index (χ1n) is 3.77. The number of benzene rings is 1. The van der Waals surface area contributed by atoms with Crippen molar-refractivity contribution in [3.8, 4) is 0 Å². The third-order valence-corrected chi connectivity index (χ3v) is 1.55. The molecule has 0 fully saturated rings. The van der Waals surface area contributed by atoms with Gasteiger partial charge in [-0.05, 0) is 11.5 Å². The van der Waals surface area contributed by atoms with E-state index in [2.05, 4.69) is 3.72 Å². The minimum atomic E-state index is -1.72. The fraction of sp³-hybridized carbons (Fsp3) is 0. The van der Waals surface area contributed by atoms with E-state index in [1.807, 2.05) is 0 Å². The Hall–Kier alpha value is -1.18. The third kappa shape index (κ3) is 4.56. The Kier molecular flexibility index (Phi) is 6.63. The molecule has 0 spiro atoms. The van der Waals surface area contributed by atoms with E-state index in [0.29, 0.717) is 19.6 Å². The monoisotopic (exact) mass is 399 g/mol. The largest absolute Gasteiger partial charge is 0.488 e. The van der Waals surface area contributed by atoms with Gasteiger partial charge in [-0.15, -0.1) is 0 Å². The van der Waals surface area contributed by atoms with Gasteiger partial charge in [0.05, 0.1) is 4.92 Å². The molecule has 0 heterocycles. The minimum Gasteiger partial charge on any atom is -0.423 e. The Morgan fingerprint density at radius 3 is 2.44 bits per heavy atom. The van der Waals surface area contributed by atoms with E-state index in [9.17, 15) is 14.6 Å². The standard InChI is InChI=1S/C6H7BN2O4.FN.W/c8-5-2-1-4(7(10)11)3-6(5)9(12)13;1-2;/h1-3,10-11H,8H2;;. The summed E-state index contributed by atoms with van der Waals surface area (Å²) in [4.78, 5) is 9.68. The summed E-state index contributed by atoms with van der Waals surface area (Å²) < 4.78 is 12.0. The van der Waals surface area contributed by atoms with E-state index in [-0.39, 0.29) is 16.8 Å². The zero-order valence-corrected chi connectivity index (χ0v) is 10.7. The smallest absolute Gasteiger partial charge is 0.423 e. The summed E-state index contributed by atoms with van der Waals surface area (Å²) in [6.07, 6.45) is 0. The van der Waals surface area contributed by atoms with Gasteiger partial charge in [-0.3, -0.25) is 10.1 Å². The second-order valence-corrected chi connectivity index (χ2v) is 3.01. The predicted octanol–water partition coefficient (Wildman–Crippen LogP) is -0.542. The Morgan fingerprint density at radius 2 is 2.06 bits per heavy atom. The zero-order chi connectivity index (χ0) is 12.7. The summed E-state index contributed by atoms with van der Waals surface area (Å²) in [6.45, 7) is 0. The van der Waals surface area contributed by atoms with Crippen LogP contribution in [0.25, 0.3) is 0 Å². The summed E-state index contributed by atoms with van der Waals surface area (Å²) in [5.41, 5.74) is 4.99. The van der Waals surface area contributed by atoms with E-state index in [1.165, 1.54) is 12.1 Å². The Morgan fingerprint density at radius 1 is 1.56 bits per heavy atom. The van der Waals surface area contributed by atoms with Crippen LogP contribution in [0.2, 0.25) is 0 Å². The first-order chi connectivity index (χ1) is 7.43. The molecule has 1 aromatic rings. The van der Waals surface area contributed by atoms with Crippen LogP contribution in [0.3, 0.4) is 0 Å². The molecule has 0 aliphatic heterocycles. The van der Waals surface area contributed by atoms with Gasteiger partial charge in [0.15, 0.2) is 0 Å². The first-order valence-corrected chi connectivity index (χ1v) is 5.08. The van der Waals surface area contributed by atoms with Gasteiger partial charge in [0.2, 0.25) is 0 Å². The number of rotatable bonds is 2.